The molecule has 0 bridgehead atoms. The molecule has 3 heterocycles. The predicted octanol–water partition coefficient (Wildman–Crippen LogP) is 13.1. The Labute approximate surface area is 293 Å². The zero-order valence-electron chi connectivity index (χ0n) is 27.6. The number of fused-ring (bicyclic) bond motifs is 9. The summed E-state index contributed by atoms with van der Waals surface area (Å²) < 4.78 is 11.1. The number of furan rings is 1. The molecule has 0 aliphatic rings. The van der Waals surface area contributed by atoms with Gasteiger partial charge in [0.15, 0.2) is 0 Å². The summed E-state index contributed by atoms with van der Waals surface area (Å²) >= 11 is 0. The van der Waals surface area contributed by atoms with Crippen LogP contribution in [0.15, 0.2) is 186 Å². The van der Waals surface area contributed by atoms with E-state index in [0.29, 0.717) is 0 Å². The molecule has 238 valence electrons. The first kappa shape index (κ1) is 28.0. The van der Waals surface area contributed by atoms with Gasteiger partial charge in [-0.1, -0.05) is 115 Å². The minimum Gasteiger partial charge on any atom is -0.456 e. The van der Waals surface area contributed by atoms with Crippen LogP contribution in [-0.4, -0.2) is 9.13 Å². The molecule has 3 nitrogen and oxygen atoms in total. The van der Waals surface area contributed by atoms with Crippen molar-refractivity contribution < 1.29 is 4.42 Å². The average Bonchev–Trinajstić information content (AvgIpc) is 3.84. The van der Waals surface area contributed by atoms with Crippen LogP contribution < -0.4 is 0 Å². The highest BCUT2D eigenvalue weighted by Gasteiger charge is 2.19. The fourth-order valence-electron chi connectivity index (χ4n) is 8.15. The van der Waals surface area contributed by atoms with E-state index in [4.69, 9.17) is 4.42 Å². The van der Waals surface area contributed by atoms with Gasteiger partial charge in [-0.3, -0.25) is 0 Å². The summed E-state index contributed by atoms with van der Waals surface area (Å²) in [4.78, 5) is 0. The Morgan fingerprint density at radius 1 is 0.275 bits per heavy atom. The van der Waals surface area contributed by atoms with Crippen LogP contribution in [0, 0.1) is 0 Å². The molecule has 0 amide bonds. The van der Waals surface area contributed by atoms with E-state index >= 15 is 0 Å². The van der Waals surface area contributed by atoms with Crippen LogP contribution in [0.2, 0.25) is 0 Å². The minimum absolute atomic E-state index is 0.907. The summed E-state index contributed by atoms with van der Waals surface area (Å²) in [6.45, 7) is 0. The molecule has 0 saturated heterocycles. The molecule has 0 atom stereocenters. The van der Waals surface area contributed by atoms with E-state index in [2.05, 4.69) is 179 Å². The standard InChI is InChI=1S/C48H30N2O/c1-2-11-31(12-3-1)32-21-24-35(25-22-32)49-43-18-7-4-15-37(43)41-30-46-42(29-45(41)49)38-16-5-8-19-44(38)50(46)36-14-10-13-33(27-36)34-23-26-40-39-17-6-9-20-47(39)51-48(40)28-34/h1-30H. The number of nitrogens with zero attached hydrogens (tertiary/aromatic N) is 2. The van der Waals surface area contributed by atoms with Gasteiger partial charge < -0.3 is 13.6 Å². The topological polar surface area (TPSA) is 23.0 Å². The van der Waals surface area contributed by atoms with E-state index in [1.54, 1.807) is 0 Å². The third kappa shape index (κ3) is 4.25. The van der Waals surface area contributed by atoms with Crippen LogP contribution in [-0.2, 0) is 0 Å². The number of benzene rings is 8. The second-order valence-corrected chi connectivity index (χ2v) is 13.4. The van der Waals surface area contributed by atoms with Crippen LogP contribution in [0.4, 0.5) is 0 Å². The normalized spacial score (nSPS) is 11.9. The molecule has 0 radical (unpaired) electrons. The lowest BCUT2D eigenvalue weighted by molar-refractivity contribution is 0.669. The molecule has 0 saturated carbocycles. The van der Waals surface area contributed by atoms with E-state index in [0.717, 1.165) is 44.4 Å². The highest BCUT2D eigenvalue weighted by atomic mass is 16.3. The highest BCUT2D eigenvalue weighted by Crippen LogP contribution is 2.40. The lowest BCUT2D eigenvalue weighted by Gasteiger charge is -2.11. The molecule has 0 aliphatic heterocycles. The van der Waals surface area contributed by atoms with Gasteiger partial charge in [-0.2, -0.15) is 0 Å². The zero-order chi connectivity index (χ0) is 33.5. The maximum absolute atomic E-state index is 6.26. The molecule has 0 aliphatic carbocycles. The maximum Gasteiger partial charge on any atom is 0.136 e. The summed E-state index contributed by atoms with van der Waals surface area (Å²) in [6, 6.07) is 65.6. The Bertz CT molecular complexity index is 3120. The smallest absolute Gasteiger partial charge is 0.136 e. The van der Waals surface area contributed by atoms with Gasteiger partial charge in [0, 0.05) is 43.7 Å². The molecule has 0 fully saturated rings. The van der Waals surface area contributed by atoms with Gasteiger partial charge in [0.25, 0.3) is 0 Å². The lowest BCUT2D eigenvalue weighted by atomic mass is 10.0. The highest BCUT2D eigenvalue weighted by molar-refractivity contribution is 6.19. The zero-order valence-corrected chi connectivity index (χ0v) is 27.6. The number of hydrogen-bond acceptors (Lipinski definition) is 1. The molecular formula is C48H30N2O. The van der Waals surface area contributed by atoms with Crippen LogP contribution in [0.5, 0.6) is 0 Å². The average molecular weight is 651 g/mol. The minimum atomic E-state index is 0.907. The SMILES string of the molecule is c1ccc(-c2ccc(-n3c4ccccc4c4cc5c(cc43)c3ccccc3n5-c3cccc(-c4ccc5c(c4)oc4ccccc45)c3)cc2)cc1. The van der Waals surface area contributed by atoms with Gasteiger partial charge in [0.2, 0.25) is 0 Å². The molecule has 0 spiro atoms. The predicted molar refractivity (Wildman–Crippen MR) is 213 cm³/mol. The summed E-state index contributed by atoms with van der Waals surface area (Å²) in [7, 11) is 0. The van der Waals surface area contributed by atoms with Gasteiger partial charge in [0.1, 0.15) is 11.2 Å². The van der Waals surface area contributed by atoms with Crippen LogP contribution in [0.25, 0.3) is 99.2 Å². The molecule has 8 aromatic carbocycles. The fourth-order valence-corrected chi connectivity index (χ4v) is 8.15. The Kier molecular flexibility index (Phi) is 5.96. The van der Waals surface area contributed by atoms with E-state index in [9.17, 15) is 0 Å². The molecular weight excluding hydrogens is 621 g/mol. The maximum atomic E-state index is 6.26. The Morgan fingerprint density at radius 2 is 0.804 bits per heavy atom. The van der Waals surface area contributed by atoms with Gasteiger partial charge >= 0.3 is 0 Å². The third-order valence-electron chi connectivity index (χ3n) is 10.5. The molecule has 11 rings (SSSR count). The second-order valence-electron chi connectivity index (χ2n) is 13.4. The van der Waals surface area contributed by atoms with Gasteiger partial charge in [-0.15, -0.1) is 0 Å². The first-order valence-electron chi connectivity index (χ1n) is 17.4. The van der Waals surface area contributed by atoms with Crippen molar-refractivity contribution in [2.45, 2.75) is 0 Å². The monoisotopic (exact) mass is 650 g/mol. The van der Waals surface area contributed by atoms with Crippen molar-refractivity contribution in [3.8, 4) is 33.6 Å². The van der Waals surface area contributed by atoms with Crippen LogP contribution >= 0.6 is 0 Å². The summed E-state index contributed by atoms with van der Waals surface area (Å²) in [5.74, 6) is 0. The van der Waals surface area contributed by atoms with E-state index in [-0.39, 0.29) is 0 Å². The summed E-state index contributed by atoms with van der Waals surface area (Å²) in [5, 5.41) is 7.24. The lowest BCUT2D eigenvalue weighted by Crippen LogP contribution is -1.95. The van der Waals surface area contributed by atoms with Crippen molar-refractivity contribution in [3.05, 3.63) is 182 Å². The first-order valence-corrected chi connectivity index (χ1v) is 17.4. The van der Waals surface area contributed by atoms with Crippen molar-refractivity contribution in [2.75, 3.05) is 0 Å². The van der Waals surface area contributed by atoms with Crippen molar-refractivity contribution >= 4 is 65.6 Å². The Hall–Kier alpha value is -6.84. The molecule has 3 aromatic heterocycles. The van der Waals surface area contributed by atoms with E-state index in [1.165, 1.54) is 54.7 Å². The fraction of sp³-hybridized carbons (Fsp3) is 0. The van der Waals surface area contributed by atoms with Gasteiger partial charge in [-0.25, -0.2) is 0 Å². The van der Waals surface area contributed by atoms with Crippen molar-refractivity contribution in [3.63, 3.8) is 0 Å². The number of rotatable bonds is 4. The number of para-hydroxylation sites is 3. The molecule has 0 N–H and O–H groups in total. The van der Waals surface area contributed by atoms with Crippen LogP contribution in [0.3, 0.4) is 0 Å². The molecule has 11 aromatic rings. The Balaban J connectivity index is 1.11. The van der Waals surface area contributed by atoms with E-state index in [1.807, 2.05) is 12.1 Å². The molecule has 3 heteroatoms. The van der Waals surface area contributed by atoms with Crippen molar-refractivity contribution in [1.82, 2.24) is 9.13 Å². The third-order valence-corrected chi connectivity index (χ3v) is 10.5. The second kappa shape index (κ2) is 10.8. The van der Waals surface area contributed by atoms with Crippen molar-refractivity contribution in [2.24, 2.45) is 0 Å². The van der Waals surface area contributed by atoms with Gasteiger partial charge in [-0.05, 0) is 89.0 Å². The molecule has 0 unspecified atom stereocenters. The summed E-state index contributed by atoms with van der Waals surface area (Å²) in [6.07, 6.45) is 0. The largest absolute Gasteiger partial charge is 0.456 e. The number of hydrogen-bond donors (Lipinski definition) is 0. The molecule has 51 heavy (non-hydrogen) atoms. The number of aromatic nitrogens is 2. The Morgan fingerprint density at radius 3 is 1.53 bits per heavy atom. The van der Waals surface area contributed by atoms with Crippen molar-refractivity contribution in [1.29, 1.82) is 0 Å². The van der Waals surface area contributed by atoms with E-state index < -0.39 is 0 Å². The quantitative estimate of drug-likeness (QED) is 0.186. The first-order chi connectivity index (χ1) is 25.3. The van der Waals surface area contributed by atoms with Crippen LogP contribution in [0.1, 0.15) is 0 Å². The van der Waals surface area contributed by atoms with Gasteiger partial charge in [0.05, 0.1) is 22.1 Å². The summed E-state index contributed by atoms with van der Waals surface area (Å²) in [5.41, 5.74) is 13.6.